The summed E-state index contributed by atoms with van der Waals surface area (Å²) < 4.78 is 7.13. The SMILES string of the molecule is O=C1NCc2c1ncn2C1COC1. The third-order valence-electron chi connectivity index (χ3n) is 2.54. The molecule has 0 aromatic carbocycles. The van der Waals surface area contributed by atoms with E-state index < -0.39 is 0 Å². The predicted octanol–water partition coefficient (Wildman–Crippen LogP) is -0.302. The fraction of sp³-hybridized carbons (Fsp3) is 0.500. The highest BCUT2D eigenvalue weighted by Crippen LogP contribution is 2.23. The predicted molar refractivity (Wildman–Crippen MR) is 43.3 cm³/mol. The zero-order valence-corrected chi connectivity index (χ0v) is 6.99. The molecule has 3 rings (SSSR count). The van der Waals surface area contributed by atoms with E-state index in [1.54, 1.807) is 6.33 Å². The van der Waals surface area contributed by atoms with E-state index in [4.69, 9.17) is 4.74 Å². The molecule has 1 aromatic rings. The van der Waals surface area contributed by atoms with Gasteiger partial charge < -0.3 is 14.6 Å². The molecule has 2 aliphatic heterocycles. The first-order valence-electron chi connectivity index (χ1n) is 4.28. The van der Waals surface area contributed by atoms with Crippen LogP contribution in [0.2, 0.25) is 0 Å². The molecule has 0 radical (unpaired) electrons. The van der Waals surface area contributed by atoms with Gasteiger partial charge in [-0.2, -0.15) is 0 Å². The van der Waals surface area contributed by atoms with Gasteiger partial charge in [0.15, 0.2) is 5.69 Å². The lowest BCUT2D eigenvalue weighted by molar-refractivity contribution is -0.0243. The zero-order valence-electron chi connectivity index (χ0n) is 6.99. The molecule has 5 heteroatoms. The second kappa shape index (κ2) is 2.32. The summed E-state index contributed by atoms with van der Waals surface area (Å²) >= 11 is 0. The van der Waals surface area contributed by atoms with Crippen LogP contribution in [0.4, 0.5) is 0 Å². The van der Waals surface area contributed by atoms with E-state index in [0.717, 1.165) is 18.9 Å². The average molecular weight is 179 g/mol. The molecule has 0 unspecified atom stereocenters. The summed E-state index contributed by atoms with van der Waals surface area (Å²) in [5.41, 5.74) is 1.57. The van der Waals surface area contributed by atoms with E-state index in [9.17, 15) is 4.79 Å². The maximum Gasteiger partial charge on any atom is 0.272 e. The first-order valence-corrected chi connectivity index (χ1v) is 4.28. The topological polar surface area (TPSA) is 56.2 Å². The number of hydrogen-bond acceptors (Lipinski definition) is 3. The van der Waals surface area contributed by atoms with Gasteiger partial charge in [0.2, 0.25) is 0 Å². The highest BCUT2D eigenvalue weighted by molar-refractivity contribution is 5.95. The second-order valence-corrected chi connectivity index (χ2v) is 3.32. The van der Waals surface area contributed by atoms with Crippen LogP contribution in [0.1, 0.15) is 22.2 Å². The van der Waals surface area contributed by atoms with Gasteiger partial charge in [-0.1, -0.05) is 0 Å². The van der Waals surface area contributed by atoms with Crippen LogP contribution in [-0.2, 0) is 11.3 Å². The summed E-state index contributed by atoms with van der Waals surface area (Å²) in [6, 6.07) is 0.379. The van der Waals surface area contributed by atoms with Gasteiger partial charge in [0, 0.05) is 0 Å². The number of amides is 1. The van der Waals surface area contributed by atoms with Gasteiger partial charge in [-0.15, -0.1) is 0 Å². The van der Waals surface area contributed by atoms with Crippen LogP contribution >= 0.6 is 0 Å². The van der Waals surface area contributed by atoms with Crippen molar-refractivity contribution in [1.29, 1.82) is 0 Å². The van der Waals surface area contributed by atoms with Crippen molar-refractivity contribution >= 4 is 5.91 Å². The molecule has 1 aromatic heterocycles. The maximum atomic E-state index is 11.2. The molecule has 0 aliphatic carbocycles. The van der Waals surface area contributed by atoms with Crippen LogP contribution in [0.15, 0.2) is 6.33 Å². The highest BCUT2D eigenvalue weighted by atomic mass is 16.5. The van der Waals surface area contributed by atoms with Crippen LogP contribution in [-0.4, -0.2) is 28.7 Å². The number of imidazole rings is 1. The molecule has 1 fully saturated rings. The van der Waals surface area contributed by atoms with Crippen molar-refractivity contribution in [3.63, 3.8) is 0 Å². The molecule has 13 heavy (non-hydrogen) atoms. The first-order chi connectivity index (χ1) is 6.36. The third kappa shape index (κ3) is 0.846. The Labute approximate surface area is 74.7 Å². The van der Waals surface area contributed by atoms with Gasteiger partial charge in [-0.05, 0) is 0 Å². The summed E-state index contributed by atoms with van der Waals surface area (Å²) in [4.78, 5) is 15.3. The second-order valence-electron chi connectivity index (χ2n) is 3.32. The van der Waals surface area contributed by atoms with Crippen LogP contribution in [0.25, 0.3) is 0 Å². The van der Waals surface area contributed by atoms with Crippen LogP contribution in [0.5, 0.6) is 0 Å². The van der Waals surface area contributed by atoms with Crippen molar-refractivity contribution in [3.8, 4) is 0 Å². The number of carbonyl (C=O) groups is 1. The largest absolute Gasteiger partial charge is 0.377 e. The Hall–Kier alpha value is -1.36. The number of fused-ring (bicyclic) bond motifs is 1. The van der Waals surface area contributed by atoms with Crippen molar-refractivity contribution in [1.82, 2.24) is 14.9 Å². The van der Waals surface area contributed by atoms with Crippen LogP contribution in [0, 0.1) is 0 Å². The highest BCUT2D eigenvalue weighted by Gasteiger charge is 2.29. The minimum absolute atomic E-state index is 0.0611. The Balaban J connectivity index is 2.03. The Bertz CT molecular complexity index is 367. The molecule has 68 valence electrons. The van der Waals surface area contributed by atoms with E-state index in [0.29, 0.717) is 18.3 Å². The van der Waals surface area contributed by atoms with Crippen LogP contribution in [0.3, 0.4) is 0 Å². The lowest BCUT2D eigenvalue weighted by Crippen LogP contribution is -2.31. The minimum Gasteiger partial charge on any atom is -0.377 e. The van der Waals surface area contributed by atoms with Gasteiger partial charge in [-0.3, -0.25) is 4.79 Å². The minimum atomic E-state index is -0.0611. The molecule has 0 saturated carbocycles. The quantitative estimate of drug-likeness (QED) is 0.643. The maximum absolute atomic E-state index is 11.2. The molecule has 1 N–H and O–H groups in total. The van der Waals surface area contributed by atoms with Crippen molar-refractivity contribution in [2.75, 3.05) is 13.2 Å². The molecule has 2 aliphatic rings. The Kier molecular flexibility index (Phi) is 1.26. The van der Waals surface area contributed by atoms with E-state index in [1.807, 2.05) is 4.57 Å². The van der Waals surface area contributed by atoms with Crippen molar-refractivity contribution in [2.45, 2.75) is 12.6 Å². The van der Waals surface area contributed by atoms with Gasteiger partial charge in [0.05, 0.1) is 37.8 Å². The van der Waals surface area contributed by atoms with E-state index in [2.05, 4.69) is 10.3 Å². The Morgan fingerprint density at radius 2 is 2.46 bits per heavy atom. The molecule has 5 nitrogen and oxygen atoms in total. The summed E-state index contributed by atoms with van der Waals surface area (Å²) in [5, 5.41) is 2.75. The van der Waals surface area contributed by atoms with Crippen molar-refractivity contribution in [3.05, 3.63) is 17.7 Å². The number of carbonyl (C=O) groups excluding carboxylic acids is 1. The van der Waals surface area contributed by atoms with Gasteiger partial charge in [0.1, 0.15) is 0 Å². The average Bonchev–Trinajstić information content (AvgIpc) is 2.54. The zero-order chi connectivity index (χ0) is 8.84. The molecule has 0 spiro atoms. The van der Waals surface area contributed by atoms with Crippen molar-refractivity contribution in [2.24, 2.45) is 0 Å². The monoisotopic (exact) mass is 179 g/mol. The molecule has 1 saturated heterocycles. The lowest BCUT2D eigenvalue weighted by Gasteiger charge is -2.28. The summed E-state index contributed by atoms with van der Waals surface area (Å²) in [5.74, 6) is -0.0611. The number of aromatic nitrogens is 2. The molecule has 0 atom stereocenters. The standard InChI is InChI=1S/C8H9N3O2/c12-8-7-6(1-9-8)11(4-10-7)5-2-13-3-5/h4-5H,1-3H2,(H,9,12). The van der Waals surface area contributed by atoms with E-state index >= 15 is 0 Å². The third-order valence-corrected chi connectivity index (χ3v) is 2.54. The smallest absolute Gasteiger partial charge is 0.272 e. The molecule has 3 heterocycles. The van der Waals surface area contributed by atoms with Gasteiger partial charge in [-0.25, -0.2) is 4.98 Å². The fourth-order valence-corrected chi connectivity index (χ4v) is 1.70. The van der Waals surface area contributed by atoms with Gasteiger partial charge in [0.25, 0.3) is 5.91 Å². The van der Waals surface area contributed by atoms with Gasteiger partial charge >= 0.3 is 0 Å². The number of rotatable bonds is 1. The summed E-state index contributed by atoms with van der Waals surface area (Å²) in [6.07, 6.45) is 1.73. The summed E-state index contributed by atoms with van der Waals surface area (Å²) in [7, 11) is 0. The van der Waals surface area contributed by atoms with Crippen molar-refractivity contribution < 1.29 is 9.53 Å². The first kappa shape index (κ1) is 7.08. The van der Waals surface area contributed by atoms with E-state index in [1.165, 1.54) is 0 Å². The number of ether oxygens (including phenoxy) is 1. The van der Waals surface area contributed by atoms with E-state index in [-0.39, 0.29) is 5.91 Å². The fourth-order valence-electron chi connectivity index (χ4n) is 1.70. The molecule has 0 bridgehead atoms. The summed E-state index contributed by atoms with van der Waals surface area (Å²) in [6.45, 7) is 2.07. The molecular weight excluding hydrogens is 170 g/mol. The number of nitrogens with one attached hydrogen (secondary N) is 1. The normalized spacial score (nSPS) is 21.1. The lowest BCUT2D eigenvalue weighted by atomic mass is 10.2. The van der Waals surface area contributed by atoms with Crippen LogP contribution < -0.4 is 5.32 Å². The molecular formula is C8H9N3O2. The Morgan fingerprint density at radius 3 is 3.15 bits per heavy atom. The number of nitrogens with zero attached hydrogens (tertiary/aromatic N) is 2. The molecule has 1 amide bonds. The number of hydrogen-bond donors (Lipinski definition) is 1. The Morgan fingerprint density at radius 1 is 1.62 bits per heavy atom.